The van der Waals surface area contributed by atoms with Crippen LogP contribution in [-0.4, -0.2) is 11.1 Å². The molecule has 0 aliphatic heterocycles. The summed E-state index contributed by atoms with van der Waals surface area (Å²) < 4.78 is 0.809. The first-order valence-electron chi connectivity index (χ1n) is 5.58. The van der Waals surface area contributed by atoms with Crippen LogP contribution in [-0.2, 0) is 0 Å². The lowest BCUT2D eigenvalue weighted by atomic mass is 10.2. The number of nitro groups is 1. The Balaban J connectivity index is 2.25. The van der Waals surface area contributed by atoms with Crippen molar-refractivity contribution in [3.8, 4) is 6.07 Å². The van der Waals surface area contributed by atoms with Crippen LogP contribution in [0, 0.1) is 21.4 Å². The van der Waals surface area contributed by atoms with Crippen molar-refractivity contribution < 1.29 is 4.92 Å². The lowest BCUT2D eigenvalue weighted by Crippen LogP contribution is -1.88. The molecule has 20 heavy (non-hydrogen) atoms. The van der Waals surface area contributed by atoms with E-state index < -0.39 is 4.92 Å². The summed E-state index contributed by atoms with van der Waals surface area (Å²) in [4.78, 5) is 14.3. The van der Waals surface area contributed by atoms with E-state index in [1.165, 1.54) is 12.1 Å². The highest BCUT2D eigenvalue weighted by Crippen LogP contribution is 2.23. The van der Waals surface area contributed by atoms with Gasteiger partial charge in [0, 0.05) is 22.8 Å². The molecule has 0 aliphatic carbocycles. The molecule has 0 aromatic heterocycles. The fourth-order valence-corrected chi connectivity index (χ4v) is 1.90. The van der Waals surface area contributed by atoms with E-state index in [0.717, 1.165) is 10.0 Å². The first kappa shape index (κ1) is 13.9. The third-order valence-electron chi connectivity index (χ3n) is 2.54. The molecule has 0 unspecified atom stereocenters. The Bertz CT molecular complexity index is 718. The summed E-state index contributed by atoms with van der Waals surface area (Å²) in [7, 11) is 0. The maximum absolute atomic E-state index is 10.5. The van der Waals surface area contributed by atoms with Crippen LogP contribution in [0.25, 0.3) is 0 Å². The number of benzene rings is 2. The normalized spacial score (nSPS) is 10.4. The van der Waals surface area contributed by atoms with Crippen molar-refractivity contribution in [3.05, 3.63) is 68.2 Å². The Morgan fingerprint density at radius 3 is 2.55 bits per heavy atom. The molecule has 0 N–H and O–H groups in total. The highest BCUT2D eigenvalue weighted by atomic mass is 79.9. The lowest BCUT2D eigenvalue weighted by molar-refractivity contribution is -0.384. The largest absolute Gasteiger partial charge is 0.269 e. The van der Waals surface area contributed by atoms with E-state index in [1.54, 1.807) is 36.5 Å². The monoisotopic (exact) mass is 329 g/mol. The molecule has 2 rings (SSSR count). The van der Waals surface area contributed by atoms with Crippen molar-refractivity contribution in [2.75, 3.05) is 0 Å². The minimum atomic E-state index is -0.455. The molecule has 0 saturated carbocycles. The van der Waals surface area contributed by atoms with Crippen molar-refractivity contribution in [2.24, 2.45) is 4.99 Å². The first-order chi connectivity index (χ1) is 9.60. The van der Waals surface area contributed by atoms with E-state index >= 15 is 0 Å². The van der Waals surface area contributed by atoms with Gasteiger partial charge in [-0.2, -0.15) is 5.26 Å². The Morgan fingerprint density at radius 2 is 1.95 bits per heavy atom. The minimum Gasteiger partial charge on any atom is -0.258 e. The number of hydrogen-bond acceptors (Lipinski definition) is 4. The summed E-state index contributed by atoms with van der Waals surface area (Å²) in [6.45, 7) is 0. The summed E-state index contributed by atoms with van der Waals surface area (Å²) in [5.41, 5.74) is 1.76. The van der Waals surface area contributed by atoms with Gasteiger partial charge in [0.1, 0.15) is 6.07 Å². The molecular formula is C14H8BrN3O2. The number of aliphatic imine (C=N–C) groups is 1. The Morgan fingerprint density at radius 1 is 1.25 bits per heavy atom. The topological polar surface area (TPSA) is 79.3 Å². The molecule has 6 heteroatoms. The molecule has 5 nitrogen and oxygen atoms in total. The highest BCUT2D eigenvalue weighted by Gasteiger charge is 2.03. The van der Waals surface area contributed by atoms with Crippen LogP contribution >= 0.6 is 15.9 Å². The SMILES string of the molecule is N#Cc1cc(Br)ccc1N=Cc1ccc([N+](=O)[O-])cc1. The molecule has 0 atom stereocenters. The van der Waals surface area contributed by atoms with Crippen LogP contribution in [0.2, 0.25) is 0 Å². The van der Waals surface area contributed by atoms with Gasteiger partial charge in [0.25, 0.3) is 5.69 Å². The number of nitriles is 1. The summed E-state index contributed by atoms with van der Waals surface area (Å²) >= 11 is 3.29. The summed E-state index contributed by atoms with van der Waals surface area (Å²) in [6.07, 6.45) is 1.56. The standard InChI is InChI=1S/C14H8BrN3O2/c15-12-3-6-14(11(7-12)8-16)17-9-10-1-4-13(5-2-10)18(19)20/h1-7,9H. The van der Waals surface area contributed by atoms with E-state index in [1.807, 2.05) is 0 Å². The Kier molecular flexibility index (Phi) is 4.23. The summed E-state index contributed by atoms with van der Waals surface area (Å²) in [6, 6.07) is 13.3. The number of non-ortho nitro benzene ring substituents is 1. The predicted molar refractivity (Wildman–Crippen MR) is 79.2 cm³/mol. The van der Waals surface area contributed by atoms with E-state index in [9.17, 15) is 10.1 Å². The molecule has 0 bridgehead atoms. The van der Waals surface area contributed by atoms with Gasteiger partial charge >= 0.3 is 0 Å². The zero-order chi connectivity index (χ0) is 14.5. The zero-order valence-electron chi connectivity index (χ0n) is 10.2. The second-order valence-corrected chi connectivity index (χ2v) is 4.80. The van der Waals surface area contributed by atoms with Crippen LogP contribution < -0.4 is 0 Å². The molecule has 0 saturated heterocycles. The smallest absolute Gasteiger partial charge is 0.258 e. The van der Waals surface area contributed by atoms with Gasteiger partial charge in [-0.3, -0.25) is 15.1 Å². The van der Waals surface area contributed by atoms with Crippen LogP contribution in [0.1, 0.15) is 11.1 Å². The molecule has 98 valence electrons. The third-order valence-corrected chi connectivity index (χ3v) is 3.03. The fraction of sp³-hybridized carbons (Fsp3) is 0. The maximum Gasteiger partial charge on any atom is 0.269 e. The van der Waals surface area contributed by atoms with E-state index in [0.29, 0.717) is 11.3 Å². The van der Waals surface area contributed by atoms with Gasteiger partial charge < -0.3 is 0 Å². The van der Waals surface area contributed by atoms with Crippen molar-refractivity contribution in [3.63, 3.8) is 0 Å². The minimum absolute atomic E-state index is 0.0310. The number of nitrogens with zero attached hydrogens (tertiary/aromatic N) is 3. The molecule has 0 spiro atoms. The quantitative estimate of drug-likeness (QED) is 0.485. The van der Waals surface area contributed by atoms with Gasteiger partial charge in [0.05, 0.1) is 16.2 Å². The number of rotatable bonds is 3. The molecule has 2 aromatic carbocycles. The van der Waals surface area contributed by atoms with Gasteiger partial charge in [-0.05, 0) is 35.9 Å². The summed E-state index contributed by atoms with van der Waals surface area (Å²) in [5.74, 6) is 0. The highest BCUT2D eigenvalue weighted by molar-refractivity contribution is 9.10. The molecule has 0 heterocycles. The van der Waals surface area contributed by atoms with Crippen molar-refractivity contribution in [1.29, 1.82) is 5.26 Å². The molecule has 0 aliphatic rings. The average Bonchev–Trinajstić information content (AvgIpc) is 2.46. The number of halogens is 1. The molecule has 0 fully saturated rings. The Hall–Kier alpha value is -2.52. The van der Waals surface area contributed by atoms with Gasteiger partial charge in [0.2, 0.25) is 0 Å². The van der Waals surface area contributed by atoms with Crippen molar-refractivity contribution >= 4 is 33.5 Å². The number of hydrogen-bond donors (Lipinski definition) is 0. The van der Waals surface area contributed by atoms with Gasteiger partial charge in [0.15, 0.2) is 0 Å². The third kappa shape index (κ3) is 3.28. The zero-order valence-corrected chi connectivity index (χ0v) is 11.7. The van der Waals surface area contributed by atoms with Gasteiger partial charge in [-0.1, -0.05) is 15.9 Å². The van der Waals surface area contributed by atoms with Crippen molar-refractivity contribution in [1.82, 2.24) is 0 Å². The second-order valence-electron chi connectivity index (χ2n) is 3.88. The van der Waals surface area contributed by atoms with Gasteiger partial charge in [-0.25, -0.2) is 0 Å². The first-order valence-corrected chi connectivity index (χ1v) is 6.37. The lowest BCUT2D eigenvalue weighted by Gasteiger charge is -1.98. The maximum atomic E-state index is 10.5. The molecule has 0 amide bonds. The molecular weight excluding hydrogens is 322 g/mol. The van der Waals surface area contributed by atoms with Crippen LogP contribution in [0.4, 0.5) is 11.4 Å². The number of nitro benzene ring substituents is 1. The van der Waals surface area contributed by atoms with Crippen LogP contribution in [0.3, 0.4) is 0 Å². The summed E-state index contributed by atoms with van der Waals surface area (Å²) in [5, 5.41) is 19.6. The van der Waals surface area contributed by atoms with E-state index in [2.05, 4.69) is 27.0 Å². The van der Waals surface area contributed by atoms with Crippen LogP contribution in [0.5, 0.6) is 0 Å². The van der Waals surface area contributed by atoms with Crippen LogP contribution in [0.15, 0.2) is 51.9 Å². The predicted octanol–water partition coefficient (Wildman–Crippen LogP) is 3.98. The van der Waals surface area contributed by atoms with E-state index in [-0.39, 0.29) is 5.69 Å². The van der Waals surface area contributed by atoms with Gasteiger partial charge in [-0.15, -0.1) is 0 Å². The molecule has 0 radical (unpaired) electrons. The van der Waals surface area contributed by atoms with Crippen molar-refractivity contribution in [2.45, 2.75) is 0 Å². The van der Waals surface area contributed by atoms with E-state index in [4.69, 9.17) is 5.26 Å². The molecule has 2 aromatic rings. The second kappa shape index (κ2) is 6.08. The fourth-order valence-electron chi connectivity index (χ4n) is 1.54. The average molecular weight is 330 g/mol. The Labute approximate surface area is 123 Å².